The number of hydrogen-bond acceptors (Lipinski definition) is 5. The summed E-state index contributed by atoms with van der Waals surface area (Å²) in [5, 5.41) is 5.58. The van der Waals surface area contributed by atoms with Crippen molar-refractivity contribution in [1.82, 2.24) is 5.32 Å². The summed E-state index contributed by atoms with van der Waals surface area (Å²) in [4.78, 5) is 26.0. The van der Waals surface area contributed by atoms with E-state index in [4.69, 9.17) is 4.74 Å². The van der Waals surface area contributed by atoms with E-state index in [1.54, 1.807) is 13.8 Å². The molecular formula is C9H14N2O4. The Hall–Kier alpha value is -1.85. The predicted molar refractivity (Wildman–Crippen MR) is 54.4 cm³/mol. The smallest absolute Gasteiger partial charge is 0.433 e. The molecule has 0 saturated heterocycles. The van der Waals surface area contributed by atoms with Crippen LogP contribution in [0.25, 0.3) is 0 Å². The third-order valence-corrected chi connectivity index (χ3v) is 1.19. The third kappa shape index (κ3) is 7.24. The van der Waals surface area contributed by atoms with Crippen molar-refractivity contribution < 1.29 is 19.2 Å². The van der Waals surface area contributed by atoms with Gasteiger partial charge in [0.2, 0.25) is 0 Å². The molecule has 84 valence electrons. The highest BCUT2D eigenvalue weighted by Gasteiger charge is 2.03. The van der Waals surface area contributed by atoms with Gasteiger partial charge in [0, 0.05) is 11.8 Å². The van der Waals surface area contributed by atoms with E-state index in [0.717, 1.165) is 0 Å². The molecule has 6 nitrogen and oxygen atoms in total. The van der Waals surface area contributed by atoms with Gasteiger partial charge in [0.15, 0.2) is 0 Å². The van der Waals surface area contributed by atoms with Crippen LogP contribution < -0.4 is 5.32 Å². The van der Waals surface area contributed by atoms with Gasteiger partial charge >= 0.3 is 12.1 Å². The van der Waals surface area contributed by atoms with Crippen molar-refractivity contribution in [1.29, 1.82) is 0 Å². The zero-order chi connectivity index (χ0) is 11.7. The fraction of sp³-hybridized carbons (Fsp3) is 0.444. The van der Waals surface area contributed by atoms with E-state index in [0.29, 0.717) is 5.57 Å². The summed E-state index contributed by atoms with van der Waals surface area (Å²) in [6.45, 7) is 6.79. The fourth-order valence-electron chi connectivity index (χ4n) is 0.553. The number of ether oxygens (including phenoxy) is 1. The highest BCUT2D eigenvalue weighted by atomic mass is 16.7. The molecule has 1 amide bonds. The van der Waals surface area contributed by atoms with Gasteiger partial charge in [-0.1, -0.05) is 11.7 Å². The molecule has 0 atom stereocenters. The Morgan fingerprint density at radius 3 is 2.73 bits per heavy atom. The summed E-state index contributed by atoms with van der Waals surface area (Å²) in [5.41, 5.74) is 0.313. The molecule has 6 heteroatoms. The minimum atomic E-state index is -0.695. The lowest BCUT2D eigenvalue weighted by Crippen LogP contribution is -2.27. The summed E-state index contributed by atoms with van der Waals surface area (Å²) in [6.07, 6.45) is 0.639. The molecule has 0 aliphatic rings. The van der Waals surface area contributed by atoms with Crippen LogP contribution in [0.1, 0.15) is 13.8 Å². The molecule has 0 aromatic carbocycles. The summed E-state index contributed by atoms with van der Waals surface area (Å²) >= 11 is 0. The summed E-state index contributed by atoms with van der Waals surface area (Å²) < 4.78 is 4.71. The fourth-order valence-corrected chi connectivity index (χ4v) is 0.553. The van der Waals surface area contributed by atoms with Crippen molar-refractivity contribution in [3.8, 4) is 0 Å². The van der Waals surface area contributed by atoms with Gasteiger partial charge in [-0.2, -0.15) is 0 Å². The lowest BCUT2D eigenvalue weighted by Gasteiger charge is -2.04. The Morgan fingerprint density at radius 2 is 2.20 bits per heavy atom. The van der Waals surface area contributed by atoms with Crippen molar-refractivity contribution in [2.24, 2.45) is 5.16 Å². The number of oxime groups is 1. The van der Waals surface area contributed by atoms with Gasteiger partial charge in [-0.3, -0.25) is 4.84 Å². The monoisotopic (exact) mass is 214 g/mol. The van der Waals surface area contributed by atoms with Gasteiger partial charge in [-0.05, 0) is 13.8 Å². The van der Waals surface area contributed by atoms with Crippen molar-refractivity contribution in [3.05, 3.63) is 12.2 Å². The van der Waals surface area contributed by atoms with Crippen molar-refractivity contribution >= 4 is 18.3 Å². The number of rotatable bonds is 5. The predicted octanol–water partition coefficient (Wildman–Crippen LogP) is 0.838. The minimum absolute atomic E-state index is 0.0661. The molecule has 0 aromatic heterocycles. The number of hydrogen-bond donors (Lipinski definition) is 1. The van der Waals surface area contributed by atoms with Crippen LogP contribution in [-0.4, -0.2) is 31.4 Å². The molecule has 15 heavy (non-hydrogen) atoms. The Morgan fingerprint density at radius 1 is 1.53 bits per heavy atom. The van der Waals surface area contributed by atoms with E-state index in [1.807, 2.05) is 0 Å². The summed E-state index contributed by atoms with van der Waals surface area (Å²) in [7, 11) is 0. The number of nitrogens with zero attached hydrogens (tertiary/aromatic N) is 1. The second-order valence-electron chi connectivity index (χ2n) is 2.59. The van der Waals surface area contributed by atoms with Gasteiger partial charge in [0.05, 0.1) is 6.54 Å². The third-order valence-electron chi connectivity index (χ3n) is 1.19. The quantitative estimate of drug-likeness (QED) is 0.184. The molecular weight excluding hydrogens is 200 g/mol. The van der Waals surface area contributed by atoms with Gasteiger partial charge in [-0.15, -0.1) is 0 Å². The lowest BCUT2D eigenvalue weighted by atomic mass is 10.4. The van der Waals surface area contributed by atoms with Crippen LogP contribution in [0.15, 0.2) is 17.3 Å². The molecule has 0 rings (SSSR count). The number of amides is 1. The highest BCUT2D eigenvalue weighted by Crippen LogP contribution is 1.90. The van der Waals surface area contributed by atoms with Gasteiger partial charge in [0.1, 0.15) is 6.61 Å². The molecule has 0 radical (unpaired) electrons. The van der Waals surface area contributed by atoms with Crippen LogP contribution in [0.2, 0.25) is 0 Å². The lowest BCUT2D eigenvalue weighted by molar-refractivity contribution is -0.138. The van der Waals surface area contributed by atoms with Crippen LogP contribution in [-0.2, 0) is 14.4 Å². The van der Waals surface area contributed by atoms with E-state index in [1.165, 1.54) is 6.21 Å². The summed E-state index contributed by atoms with van der Waals surface area (Å²) in [5.74, 6) is -0.489. The second kappa shape index (κ2) is 7.54. The van der Waals surface area contributed by atoms with E-state index in [9.17, 15) is 9.59 Å². The first-order valence-corrected chi connectivity index (χ1v) is 4.33. The average Bonchev–Trinajstić information content (AvgIpc) is 2.20. The van der Waals surface area contributed by atoms with Gasteiger partial charge in [0.25, 0.3) is 0 Å². The normalized spacial score (nSPS) is 9.73. The Kier molecular flexibility index (Phi) is 6.61. The number of carbonyl (C=O) groups excluding carboxylic acids is 2. The average molecular weight is 214 g/mol. The van der Waals surface area contributed by atoms with Crippen LogP contribution >= 0.6 is 0 Å². The van der Waals surface area contributed by atoms with Crippen molar-refractivity contribution in [2.75, 3.05) is 13.2 Å². The molecule has 0 aliphatic heterocycles. The maximum atomic E-state index is 10.9. The molecule has 0 heterocycles. The van der Waals surface area contributed by atoms with Crippen molar-refractivity contribution in [2.45, 2.75) is 13.8 Å². The second-order valence-corrected chi connectivity index (χ2v) is 2.59. The first-order valence-electron chi connectivity index (χ1n) is 4.33. The van der Waals surface area contributed by atoms with Crippen LogP contribution in [0.5, 0.6) is 0 Å². The number of esters is 1. The van der Waals surface area contributed by atoms with E-state index >= 15 is 0 Å². The first-order chi connectivity index (χ1) is 7.07. The highest BCUT2D eigenvalue weighted by molar-refractivity contribution is 5.86. The Balaban J connectivity index is 3.50. The zero-order valence-corrected chi connectivity index (χ0v) is 8.78. The first kappa shape index (κ1) is 13.2. The number of carbonyl (C=O) groups is 2. The number of nitrogens with one attached hydrogen (secondary N) is 1. The van der Waals surface area contributed by atoms with Crippen LogP contribution in [0, 0.1) is 0 Å². The molecule has 0 fully saturated rings. The van der Waals surface area contributed by atoms with E-state index in [2.05, 4.69) is 21.9 Å². The maximum Gasteiger partial charge on any atom is 0.433 e. The van der Waals surface area contributed by atoms with E-state index < -0.39 is 12.1 Å². The Bertz CT molecular complexity index is 273. The molecule has 0 saturated carbocycles. The van der Waals surface area contributed by atoms with Crippen LogP contribution in [0.4, 0.5) is 4.79 Å². The molecule has 0 unspecified atom stereocenters. The van der Waals surface area contributed by atoms with Gasteiger partial charge < -0.3 is 10.1 Å². The van der Waals surface area contributed by atoms with Crippen molar-refractivity contribution in [3.63, 3.8) is 0 Å². The maximum absolute atomic E-state index is 10.9. The minimum Gasteiger partial charge on any atom is -0.460 e. The SMILES string of the molecule is C=C(C)C(=O)OCCNC(=O)O/N=C/C. The van der Waals surface area contributed by atoms with Crippen LogP contribution in [0.3, 0.4) is 0 Å². The molecule has 0 aromatic rings. The molecule has 0 bridgehead atoms. The molecule has 0 aliphatic carbocycles. The topological polar surface area (TPSA) is 77.0 Å². The molecule has 0 spiro atoms. The molecule has 1 N–H and O–H groups in total. The van der Waals surface area contributed by atoms with Gasteiger partial charge in [-0.25, -0.2) is 9.59 Å². The zero-order valence-electron chi connectivity index (χ0n) is 8.78. The Labute approximate surface area is 87.9 Å². The largest absolute Gasteiger partial charge is 0.460 e. The van der Waals surface area contributed by atoms with E-state index in [-0.39, 0.29) is 13.2 Å². The summed E-state index contributed by atoms with van der Waals surface area (Å²) in [6, 6.07) is 0. The standard InChI is InChI=1S/C9H14N2O4/c1-4-11-15-9(13)10-5-6-14-8(12)7(2)3/h4H,2,5-6H2,1,3H3,(H,10,13)/b11-4+.